The fourth-order valence-electron chi connectivity index (χ4n) is 2.91. The minimum atomic E-state index is -0.178. The summed E-state index contributed by atoms with van der Waals surface area (Å²) in [7, 11) is 0. The molecule has 2 amide bonds. The van der Waals surface area contributed by atoms with E-state index < -0.39 is 0 Å². The van der Waals surface area contributed by atoms with Crippen LogP contribution in [0.1, 0.15) is 6.92 Å². The van der Waals surface area contributed by atoms with E-state index >= 15 is 0 Å². The molecule has 10 heteroatoms. The minimum Gasteiger partial charge on any atom is -0.326 e. The molecule has 0 aliphatic rings. The van der Waals surface area contributed by atoms with Crippen molar-refractivity contribution in [3.05, 3.63) is 66.1 Å². The Balaban J connectivity index is 1.45. The molecule has 0 aliphatic heterocycles. The number of halogens is 1. The van der Waals surface area contributed by atoms with Crippen LogP contribution in [-0.4, -0.2) is 37.3 Å². The number of para-hydroxylation sites is 1. The molecule has 2 aromatic carbocycles. The predicted octanol–water partition coefficient (Wildman–Crippen LogP) is 4.16. The standard InChI is InChI=1S/C21H17ClN6O2S/c1-13(29)26-14-6-8-15(9-7-14)27-19(30)11-31-21-16-10-25-28(20(16)23-12-24-21)18-5-3-2-4-17(18)22/h2-10,12H,11H2,1H3,(H,26,29)(H,27,30). The Labute approximate surface area is 187 Å². The molecule has 2 heterocycles. The summed E-state index contributed by atoms with van der Waals surface area (Å²) in [6, 6.07) is 14.3. The lowest BCUT2D eigenvalue weighted by atomic mass is 10.3. The third kappa shape index (κ3) is 4.84. The molecule has 0 radical (unpaired) electrons. The molecule has 0 unspecified atom stereocenters. The number of benzene rings is 2. The maximum atomic E-state index is 12.4. The van der Waals surface area contributed by atoms with Gasteiger partial charge in [0.1, 0.15) is 11.4 Å². The first-order chi connectivity index (χ1) is 15.0. The third-order valence-electron chi connectivity index (χ3n) is 4.24. The highest BCUT2D eigenvalue weighted by Crippen LogP contribution is 2.28. The monoisotopic (exact) mass is 452 g/mol. The molecule has 31 heavy (non-hydrogen) atoms. The molecule has 4 aromatic rings. The zero-order valence-corrected chi connectivity index (χ0v) is 17.9. The van der Waals surface area contributed by atoms with Gasteiger partial charge in [0, 0.05) is 18.3 Å². The molecule has 0 fully saturated rings. The number of carbonyl (C=O) groups excluding carboxylic acids is 2. The van der Waals surface area contributed by atoms with Gasteiger partial charge >= 0.3 is 0 Å². The smallest absolute Gasteiger partial charge is 0.234 e. The molecular weight excluding hydrogens is 436 g/mol. The van der Waals surface area contributed by atoms with Gasteiger partial charge in [0.25, 0.3) is 0 Å². The van der Waals surface area contributed by atoms with Crippen molar-refractivity contribution in [3.63, 3.8) is 0 Å². The van der Waals surface area contributed by atoms with Crippen molar-refractivity contribution >= 4 is 57.6 Å². The van der Waals surface area contributed by atoms with Gasteiger partial charge in [-0.2, -0.15) is 5.10 Å². The lowest BCUT2D eigenvalue weighted by Crippen LogP contribution is -2.14. The van der Waals surface area contributed by atoms with Crippen LogP contribution in [-0.2, 0) is 9.59 Å². The number of nitrogens with one attached hydrogen (secondary N) is 2. The third-order valence-corrected chi connectivity index (χ3v) is 5.56. The number of amides is 2. The van der Waals surface area contributed by atoms with E-state index in [-0.39, 0.29) is 17.6 Å². The van der Waals surface area contributed by atoms with E-state index in [2.05, 4.69) is 25.7 Å². The van der Waals surface area contributed by atoms with Crippen LogP contribution in [0, 0.1) is 0 Å². The van der Waals surface area contributed by atoms with Gasteiger partial charge < -0.3 is 10.6 Å². The van der Waals surface area contributed by atoms with Gasteiger partial charge in [-0.15, -0.1) is 0 Å². The van der Waals surface area contributed by atoms with E-state index in [0.717, 1.165) is 5.39 Å². The zero-order chi connectivity index (χ0) is 21.8. The second-order valence-corrected chi connectivity index (χ2v) is 7.89. The van der Waals surface area contributed by atoms with Crippen molar-refractivity contribution in [2.75, 3.05) is 16.4 Å². The Kier molecular flexibility index (Phi) is 6.15. The predicted molar refractivity (Wildman–Crippen MR) is 122 cm³/mol. The SMILES string of the molecule is CC(=O)Nc1ccc(NC(=O)CSc2ncnc3c2cnn3-c2ccccc2Cl)cc1. The van der Waals surface area contributed by atoms with E-state index in [9.17, 15) is 9.59 Å². The van der Waals surface area contributed by atoms with Crippen LogP contribution in [0.15, 0.2) is 66.1 Å². The highest BCUT2D eigenvalue weighted by molar-refractivity contribution is 8.00. The molecule has 0 bridgehead atoms. The molecule has 4 rings (SSSR count). The molecule has 0 saturated carbocycles. The highest BCUT2D eigenvalue weighted by atomic mass is 35.5. The summed E-state index contributed by atoms with van der Waals surface area (Å²) in [4.78, 5) is 32.1. The van der Waals surface area contributed by atoms with E-state index in [1.54, 1.807) is 41.2 Å². The summed E-state index contributed by atoms with van der Waals surface area (Å²) < 4.78 is 1.65. The Bertz CT molecular complexity index is 1260. The maximum Gasteiger partial charge on any atom is 0.234 e. The molecule has 2 aromatic heterocycles. The number of hydrogen-bond acceptors (Lipinski definition) is 6. The minimum absolute atomic E-state index is 0.151. The Hall–Kier alpha value is -3.43. The summed E-state index contributed by atoms with van der Waals surface area (Å²) in [5, 5.41) is 11.8. The number of carbonyl (C=O) groups is 2. The van der Waals surface area contributed by atoms with Crippen LogP contribution >= 0.6 is 23.4 Å². The fraction of sp³-hybridized carbons (Fsp3) is 0.0952. The number of thioether (sulfide) groups is 1. The van der Waals surface area contributed by atoms with Crippen LogP contribution in [0.3, 0.4) is 0 Å². The molecule has 8 nitrogen and oxygen atoms in total. The summed E-state index contributed by atoms with van der Waals surface area (Å²) in [5.41, 5.74) is 2.63. The number of nitrogens with zero attached hydrogens (tertiary/aromatic N) is 4. The van der Waals surface area contributed by atoms with Gasteiger partial charge in [-0.3, -0.25) is 9.59 Å². The largest absolute Gasteiger partial charge is 0.326 e. The molecule has 0 aliphatic carbocycles. The first-order valence-electron chi connectivity index (χ1n) is 9.25. The molecule has 156 valence electrons. The Morgan fingerprint density at radius 3 is 2.45 bits per heavy atom. The number of anilines is 2. The van der Waals surface area contributed by atoms with E-state index in [4.69, 9.17) is 11.6 Å². The van der Waals surface area contributed by atoms with Crippen molar-refractivity contribution in [1.82, 2.24) is 19.7 Å². The highest BCUT2D eigenvalue weighted by Gasteiger charge is 2.14. The van der Waals surface area contributed by atoms with Crippen LogP contribution in [0.25, 0.3) is 16.7 Å². The summed E-state index contributed by atoms with van der Waals surface area (Å²) >= 11 is 7.58. The van der Waals surface area contributed by atoms with Crippen LogP contribution in [0.4, 0.5) is 11.4 Å². The lowest BCUT2D eigenvalue weighted by molar-refractivity contribution is -0.114. The van der Waals surface area contributed by atoms with Crippen LogP contribution in [0.2, 0.25) is 5.02 Å². The summed E-state index contributed by atoms with van der Waals surface area (Å²) in [6.07, 6.45) is 3.11. The molecule has 0 saturated heterocycles. The number of hydrogen-bond donors (Lipinski definition) is 2. The van der Waals surface area contributed by atoms with Gasteiger partial charge in [-0.05, 0) is 36.4 Å². The summed E-state index contributed by atoms with van der Waals surface area (Å²) in [5.74, 6) is -0.165. The normalized spacial score (nSPS) is 10.8. The Morgan fingerprint density at radius 1 is 1.03 bits per heavy atom. The van der Waals surface area contributed by atoms with Crippen LogP contribution in [0.5, 0.6) is 0 Å². The first-order valence-corrected chi connectivity index (χ1v) is 10.6. The topological polar surface area (TPSA) is 102 Å². The molecular formula is C21H17ClN6O2S. The van der Waals surface area contributed by atoms with Gasteiger partial charge in [-0.25, -0.2) is 14.6 Å². The number of fused-ring (bicyclic) bond motifs is 1. The molecule has 0 spiro atoms. The number of rotatable bonds is 6. The number of aromatic nitrogens is 4. The second kappa shape index (κ2) is 9.15. The van der Waals surface area contributed by atoms with Crippen molar-refractivity contribution < 1.29 is 9.59 Å². The van der Waals surface area contributed by atoms with Crippen molar-refractivity contribution in [2.24, 2.45) is 0 Å². The molecule has 2 N–H and O–H groups in total. The lowest BCUT2D eigenvalue weighted by Gasteiger charge is -2.07. The van der Waals surface area contributed by atoms with E-state index in [0.29, 0.717) is 32.8 Å². The average Bonchev–Trinajstić information content (AvgIpc) is 3.18. The van der Waals surface area contributed by atoms with E-state index in [1.807, 2.05) is 18.2 Å². The van der Waals surface area contributed by atoms with Gasteiger partial charge in [-0.1, -0.05) is 35.5 Å². The van der Waals surface area contributed by atoms with Crippen molar-refractivity contribution in [1.29, 1.82) is 0 Å². The quantitative estimate of drug-likeness (QED) is 0.336. The summed E-state index contributed by atoms with van der Waals surface area (Å²) in [6.45, 7) is 1.44. The zero-order valence-electron chi connectivity index (χ0n) is 16.4. The average molecular weight is 453 g/mol. The van der Waals surface area contributed by atoms with Gasteiger partial charge in [0.05, 0.1) is 28.0 Å². The van der Waals surface area contributed by atoms with Crippen LogP contribution < -0.4 is 10.6 Å². The van der Waals surface area contributed by atoms with Crippen molar-refractivity contribution in [2.45, 2.75) is 11.9 Å². The first kappa shape index (κ1) is 20.8. The fourth-order valence-corrected chi connectivity index (χ4v) is 3.89. The van der Waals surface area contributed by atoms with Gasteiger partial charge in [0.2, 0.25) is 11.8 Å². The van der Waals surface area contributed by atoms with E-state index in [1.165, 1.54) is 25.0 Å². The van der Waals surface area contributed by atoms with Crippen molar-refractivity contribution in [3.8, 4) is 5.69 Å². The maximum absolute atomic E-state index is 12.4. The molecule has 0 atom stereocenters. The Morgan fingerprint density at radius 2 is 1.74 bits per heavy atom. The second-order valence-electron chi connectivity index (χ2n) is 6.52. The van der Waals surface area contributed by atoms with Gasteiger partial charge in [0.15, 0.2) is 5.65 Å².